The second kappa shape index (κ2) is 13.7. The zero-order valence-corrected chi connectivity index (χ0v) is 24.3. The van der Waals surface area contributed by atoms with E-state index in [1.165, 1.54) is 16.0 Å². The van der Waals surface area contributed by atoms with E-state index in [1.54, 1.807) is 72.0 Å². The second-order valence-electron chi connectivity index (χ2n) is 10.4. The molecule has 41 heavy (non-hydrogen) atoms. The number of rotatable bonds is 8. The summed E-state index contributed by atoms with van der Waals surface area (Å²) in [4.78, 5) is 57.3. The lowest BCUT2D eigenvalue weighted by Crippen LogP contribution is -2.44. The highest BCUT2D eigenvalue weighted by Gasteiger charge is 2.33. The van der Waals surface area contributed by atoms with Gasteiger partial charge in [-0.05, 0) is 65.0 Å². The third-order valence-corrected chi connectivity index (χ3v) is 5.94. The van der Waals surface area contributed by atoms with E-state index < -0.39 is 23.7 Å². The lowest BCUT2D eigenvalue weighted by molar-refractivity contribution is -0.144. The molecule has 0 saturated heterocycles. The van der Waals surface area contributed by atoms with Crippen LogP contribution in [0, 0.1) is 11.8 Å². The number of benzene rings is 1. The minimum Gasteiger partial charge on any atom is -0.489 e. The molecule has 1 unspecified atom stereocenters. The summed E-state index contributed by atoms with van der Waals surface area (Å²) in [5.74, 6) is 5.61. The Bertz CT molecular complexity index is 1360. The van der Waals surface area contributed by atoms with Crippen molar-refractivity contribution in [1.29, 1.82) is 0 Å². The maximum atomic E-state index is 13.5. The average molecular weight is 565 g/mol. The van der Waals surface area contributed by atoms with E-state index in [0.29, 0.717) is 29.0 Å². The lowest BCUT2D eigenvalue weighted by atomic mass is 10.1. The van der Waals surface area contributed by atoms with Gasteiger partial charge in [-0.15, -0.1) is 0 Å². The molecular formula is C30H36N4O7. The fourth-order valence-electron chi connectivity index (χ4n) is 4.00. The fraction of sp³-hybridized carbons (Fsp3) is 0.433. The van der Waals surface area contributed by atoms with Crippen LogP contribution in [0.4, 0.5) is 16.3 Å². The van der Waals surface area contributed by atoms with Gasteiger partial charge in [-0.3, -0.25) is 19.7 Å². The third-order valence-electron chi connectivity index (χ3n) is 5.94. The molecule has 1 N–H and O–H groups in total. The van der Waals surface area contributed by atoms with Gasteiger partial charge in [-0.2, -0.15) is 0 Å². The van der Waals surface area contributed by atoms with Crippen molar-refractivity contribution in [3.8, 4) is 17.6 Å². The van der Waals surface area contributed by atoms with Crippen molar-refractivity contribution >= 4 is 35.4 Å². The van der Waals surface area contributed by atoms with Crippen LogP contribution < -0.4 is 15.0 Å². The van der Waals surface area contributed by atoms with E-state index in [1.807, 2.05) is 0 Å². The molecule has 1 aromatic heterocycles. The van der Waals surface area contributed by atoms with Gasteiger partial charge in [0.05, 0.1) is 30.9 Å². The number of fused-ring (bicyclic) bond motifs is 1. The number of pyridine rings is 1. The molecule has 1 atom stereocenters. The minimum absolute atomic E-state index is 0.0165. The number of aromatic nitrogens is 1. The molecular weight excluding hydrogens is 528 g/mol. The van der Waals surface area contributed by atoms with Crippen molar-refractivity contribution < 1.29 is 33.4 Å². The monoisotopic (exact) mass is 564 g/mol. The molecule has 0 spiro atoms. The first-order chi connectivity index (χ1) is 19.4. The summed E-state index contributed by atoms with van der Waals surface area (Å²) in [7, 11) is 1.61. The molecule has 0 aliphatic carbocycles. The number of amides is 3. The zero-order chi connectivity index (χ0) is 30.2. The number of likely N-dealkylation sites (N-methyl/N-ethyl adjacent to an activating group) is 1. The number of carbonyl (C=O) groups excluding carboxylic acids is 4. The molecule has 0 saturated carbocycles. The predicted octanol–water partition coefficient (Wildman–Crippen LogP) is 4.01. The molecule has 3 rings (SSSR count). The van der Waals surface area contributed by atoms with Crippen LogP contribution in [0.15, 0.2) is 36.5 Å². The smallest absolute Gasteiger partial charge is 0.413 e. The summed E-state index contributed by atoms with van der Waals surface area (Å²) >= 11 is 0. The highest BCUT2D eigenvalue weighted by atomic mass is 16.6. The summed E-state index contributed by atoms with van der Waals surface area (Å²) < 4.78 is 16.0. The normalized spacial score (nSPS) is 13.8. The molecule has 0 fully saturated rings. The first-order valence-electron chi connectivity index (χ1n) is 13.3. The molecule has 2 heterocycles. The van der Waals surface area contributed by atoms with Crippen molar-refractivity contribution in [3.05, 3.63) is 47.7 Å². The summed E-state index contributed by atoms with van der Waals surface area (Å²) in [5, 5.41) is 2.58. The van der Waals surface area contributed by atoms with E-state index in [0.717, 1.165) is 0 Å². The number of nitrogens with zero attached hydrogens (tertiary/aromatic N) is 3. The van der Waals surface area contributed by atoms with Gasteiger partial charge in [-0.25, -0.2) is 9.78 Å². The SMILES string of the molecule is CCOC(=O)CC(C)N1CC(=O)N(C)c2ccc(C#CCCOc3cccnc3NC(=O)OC(C)(C)C)cc2C1=O. The van der Waals surface area contributed by atoms with Crippen LogP contribution in [-0.4, -0.2) is 72.2 Å². The molecule has 11 nitrogen and oxygen atoms in total. The van der Waals surface area contributed by atoms with Gasteiger partial charge >= 0.3 is 12.1 Å². The Morgan fingerprint density at radius 2 is 1.95 bits per heavy atom. The van der Waals surface area contributed by atoms with Crippen LogP contribution in [-0.2, 0) is 19.1 Å². The largest absolute Gasteiger partial charge is 0.489 e. The molecule has 0 radical (unpaired) electrons. The summed E-state index contributed by atoms with van der Waals surface area (Å²) in [5.41, 5.74) is 0.734. The Labute approximate surface area is 240 Å². The molecule has 11 heteroatoms. The lowest BCUT2D eigenvalue weighted by Gasteiger charge is -2.26. The Morgan fingerprint density at radius 1 is 1.20 bits per heavy atom. The summed E-state index contributed by atoms with van der Waals surface area (Å²) in [6.45, 7) is 9.04. The number of hydrogen-bond acceptors (Lipinski definition) is 8. The Morgan fingerprint density at radius 3 is 2.66 bits per heavy atom. The van der Waals surface area contributed by atoms with E-state index in [2.05, 4.69) is 22.1 Å². The zero-order valence-electron chi connectivity index (χ0n) is 24.3. The van der Waals surface area contributed by atoms with Crippen LogP contribution in [0.5, 0.6) is 5.75 Å². The second-order valence-corrected chi connectivity index (χ2v) is 10.4. The van der Waals surface area contributed by atoms with Gasteiger partial charge in [-0.1, -0.05) is 11.8 Å². The van der Waals surface area contributed by atoms with E-state index in [-0.39, 0.29) is 43.8 Å². The maximum absolute atomic E-state index is 13.5. The third kappa shape index (κ3) is 8.70. The molecule has 2 aromatic rings. The van der Waals surface area contributed by atoms with Gasteiger partial charge < -0.3 is 24.0 Å². The van der Waals surface area contributed by atoms with Crippen LogP contribution in [0.25, 0.3) is 0 Å². The van der Waals surface area contributed by atoms with Gasteiger partial charge in [0.25, 0.3) is 5.91 Å². The molecule has 0 bridgehead atoms. The Kier molecular flexibility index (Phi) is 10.3. The Balaban J connectivity index is 1.68. The average Bonchev–Trinajstić information content (AvgIpc) is 2.98. The number of esters is 1. The van der Waals surface area contributed by atoms with Crippen molar-refractivity contribution in [2.45, 2.75) is 59.1 Å². The molecule has 218 valence electrons. The van der Waals surface area contributed by atoms with Crippen LogP contribution >= 0.6 is 0 Å². The Hall–Kier alpha value is -4.59. The number of carbonyl (C=O) groups is 4. The van der Waals surface area contributed by atoms with E-state index >= 15 is 0 Å². The van der Waals surface area contributed by atoms with Gasteiger partial charge in [0.2, 0.25) is 5.91 Å². The standard InChI is InChI=1S/C30H36N4O7/c1-7-39-26(36)17-20(2)34-19-25(35)33(6)23-14-13-21(18-22(23)28(34)37)11-8-9-16-40-24-12-10-15-31-27(24)32-29(38)41-30(3,4)5/h10,12-15,18,20H,7,9,16-17,19H2,1-6H3,(H,31,32,38). The van der Waals surface area contributed by atoms with Gasteiger partial charge in [0, 0.05) is 31.3 Å². The maximum Gasteiger partial charge on any atom is 0.413 e. The number of anilines is 2. The van der Waals surface area contributed by atoms with Gasteiger partial charge in [0.15, 0.2) is 11.6 Å². The minimum atomic E-state index is -0.653. The number of hydrogen-bond donors (Lipinski definition) is 1. The highest BCUT2D eigenvalue weighted by Crippen LogP contribution is 2.27. The predicted molar refractivity (Wildman–Crippen MR) is 153 cm³/mol. The van der Waals surface area contributed by atoms with E-state index in [4.69, 9.17) is 14.2 Å². The molecule has 1 aliphatic heterocycles. The number of ether oxygens (including phenoxy) is 3. The molecule has 3 amide bonds. The number of nitrogens with one attached hydrogen (secondary N) is 1. The van der Waals surface area contributed by atoms with E-state index in [9.17, 15) is 19.2 Å². The van der Waals surface area contributed by atoms with Crippen molar-refractivity contribution in [2.75, 3.05) is 37.0 Å². The quantitative estimate of drug-likeness (QED) is 0.290. The van der Waals surface area contributed by atoms with Crippen LogP contribution in [0.3, 0.4) is 0 Å². The highest BCUT2D eigenvalue weighted by molar-refractivity contribution is 6.09. The summed E-state index contributed by atoms with van der Waals surface area (Å²) in [6.07, 6.45) is 1.23. The van der Waals surface area contributed by atoms with Gasteiger partial charge in [0.1, 0.15) is 12.1 Å². The first kappa shape index (κ1) is 30.9. The first-order valence-corrected chi connectivity index (χ1v) is 13.3. The van der Waals surface area contributed by atoms with Crippen molar-refractivity contribution in [2.24, 2.45) is 0 Å². The van der Waals surface area contributed by atoms with Crippen molar-refractivity contribution in [1.82, 2.24) is 9.88 Å². The fourth-order valence-corrected chi connectivity index (χ4v) is 4.00. The molecule has 1 aromatic carbocycles. The van der Waals surface area contributed by atoms with Crippen LogP contribution in [0.2, 0.25) is 0 Å². The topological polar surface area (TPSA) is 127 Å². The van der Waals surface area contributed by atoms with Crippen LogP contribution in [0.1, 0.15) is 63.4 Å². The molecule has 1 aliphatic rings. The summed E-state index contributed by atoms with van der Waals surface area (Å²) in [6, 6.07) is 7.92. The van der Waals surface area contributed by atoms with Crippen molar-refractivity contribution in [3.63, 3.8) is 0 Å².